The van der Waals surface area contributed by atoms with Crippen LogP contribution in [0.4, 0.5) is 4.79 Å². The third-order valence-corrected chi connectivity index (χ3v) is 2.28. The van der Waals surface area contributed by atoms with E-state index in [1.165, 1.54) is 4.90 Å². The molecular formula is C10H19NO4. The molecule has 0 spiro atoms. The van der Waals surface area contributed by atoms with Gasteiger partial charge in [-0.3, -0.25) is 0 Å². The van der Waals surface area contributed by atoms with Crippen molar-refractivity contribution in [3.8, 4) is 0 Å². The van der Waals surface area contributed by atoms with Crippen molar-refractivity contribution < 1.29 is 19.7 Å². The molecule has 88 valence electrons. The molecule has 0 saturated carbocycles. The van der Waals surface area contributed by atoms with Crippen LogP contribution in [0.25, 0.3) is 0 Å². The molecule has 1 amide bonds. The highest BCUT2D eigenvalue weighted by Gasteiger charge is 2.39. The maximum Gasteiger partial charge on any atom is 0.410 e. The molecule has 1 saturated heterocycles. The first-order chi connectivity index (χ1) is 6.76. The molecule has 1 heterocycles. The van der Waals surface area contributed by atoms with Crippen LogP contribution < -0.4 is 0 Å². The Hall–Kier alpha value is -0.810. The van der Waals surface area contributed by atoms with E-state index in [-0.39, 0.29) is 13.2 Å². The van der Waals surface area contributed by atoms with Crippen molar-refractivity contribution >= 4 is 6.09 Å². The number of hydrogen-bond donors (Lipinski definition) is 2. The number of carbonyl (C=O) groups is 1. The van der Waals surface area contributed by atoms with Crippen LogP contribution in [0.15, 0.2) is 0 Å². The number of aliphatic hydroxyl groups is 2. The highest BCUT2D eigenvalue weighted by molar-refractivity contribution is 5.68. The topological polar surface area (TPSA) is 70.0 Å². The van der Waals surface area contributed by atoms with Crippen molar-refractivity contribution in [3.63, 3.8) is 0 Å². The van der Waals surface area contributed by atoms with Crippen molar-refractivity contribution in [2.45, 2.75) is 38.4 Å². The third kappa shape index (κ3) is 3.35. The number of aliphatic hydroxyl groups excluding tert-OH is 1. The van der Waals surface area contributed by atoms with E-state index in [4.69, 9.17) is 9.84 Å². The molecule has 1 fully saturated rings. The lowest BCUT2D eigenvalue weighted by Crippen LogP contribution is -2.40. The number of β-amino-alcohol motifs (C(OH)–C–C–N with tert-alkyl or cyclic N) is 1. The zero-order valence-corrected chi connectivity index (χ0v) is 9.49. The first-order valence-corrected chi connectivity index (χ1v) is 5.07. The molecule has 0 radical (unpaired) electrons. The molecular weight excluding hydrogens is 198 g/mol. The van der Waals surface area contributed by atoms with Gasteiger partial charge in [-0.25, -0.2) is 4.79 Å². The normalized spacial score (nSPS) is 26.9. The Bertz CT molecular complexity index is 248. The number of ether oxygens (including phenoxy) is 1. The molecule has 0 aromatic rings. The number of hydrogen-bond acceptors (Lipinski definition) is 4. The minimum atomic E-state index is -1.16. The maximum absolute atomic E-state index is 11.6. The van der Waals surface area contributed by atoms with Gasteiger partial charge >= 0.3 is 6.09 Å². The van der Waals surface area contributed by atoms with Gasteiger partial charge in [-0.1, -0.05) is 0 Å². The van der Waals surface area contributed by atoms with Gasteiger partial charge in [0.2, 0.25) is 0 Å². The third-order valence-electron chi connectivity index (χ3n) is 2.28. The van der Waals surface area contributed by atoms with Crippen LogP contribution in [-0.4, -0.2) is 52.1 Å². The molecule has 5 nitrogen and oxygen atoms in total. The second kappa shape index (κ2) is 3.98. The van der Waals surface area contributed by atoms with Gasteiger partial charge in [0.25, 0.3) is 0 Å². The van der Waals surface area contributed by atoms with Crippen LogP contribution >= 0.6 is 0 Å². The predicted molar refractivity (Wildman–Crippen MR) is 54.5 cm³/mol. The molecule has 0 aromatic carbocycles. The van der Waals surface area contributed by atoms with Crippen LogP contribution in [0.1, 0.15) is 27.2 Å². The van der Waals surface area contributed by atoms with E-state index in [1.807, 2.05) is 0 Å². The summed E-state index contributed by atoms with van der Waals surface area (Å²) in [7, 11) is 0. The average Bonchev–Trinajstić information content (AvgIpc) is 2.46. The molecule has 1 aliphatic rings. The van der Waals surface area contributed by atoms with Gasteiger partial charge in [-0.05, 0) is 27.2 Å². The number of rotatable bonds is 1. The summed E-state index contributed by atoms with van der Waals surface area (Å²) in [6.45, 7) is 5.61. The first-order valence-electron chi connectivity index (χ1n) is 5.07. The van der Waals surface area contributed by atoms with E-state index in [0.717, 1.165) is 0 Å². The summed E-state index contributed by atoms with van der Waals surface area (Å²) < 4.78 is 5.15. The Labute approximate surface area is 89.6 Å². The Morgan fingerprint density at radius 3 is 2.53 bits per heavy atom. The average molecular weight is 217 g/mol. The fraction of sp³-hybridized carbons (Fsp3) is 0.900. The second-order valence-electron chi connectivity index (χ2n) is 5.03. The fourth-order valence-corrected chi connectivity index (χ4v) is 1.47. The van der Waals surface area contributed by atoms with Gasteiger partial charge in [-0.2, -0.15) is 0 Å². The molecule has 2 N–H and O–H groups in total. The Balaban J connectivity index is 2.51. The first kappa shape index (κ1) is 12.3. The van der Waals surface area contributed by atoms with Crippen molar-refractivity contribution in [2.75, 3.05) is 19.7 Å². The molecule has 15 heavy (non-hydrogen) atoms. The molecule has 1 rings (SSSR count). The fourth-order valence-electron chi connectivity index (χ4n) is 1.47. The van der Waals surface area contributed by atoms with E-state index < -0.39 is 17.3 Å². The van der Waals surface area contributed by atoms with Crippen LogP contribution in [0.2, 0.25) is 0 Å². The summed E-state index contributed by atoms with van der Waals surface area (Å²) in [6.07, 6.45) is -0.0465. The minimum Gasteiger partial charge on any atom is -0.444 e. The van der Waals surface area contributed by atoms with Gasteiger partial charge in [0.15, 0.2) is 0 Å². The zero-order valence-electron chi connectivity index (χ0n) is 9.49. The van der Waals surface area contributed by atoms with Gasteiger partial charge in [0.05, 0.1) is 13.2 Å². The van der Waals surface area contributed by atoms with Crippen LogP contribution in [0.5, 0.6) is 0 Å². The summed E-state index contributed by atoms with van der Waals surface area (Å²) in [5, 5.41) is 18.6. The number of likely N-dealkylation sites (tertiary alicyclic amines) is 1. The summed E-state index contributed by atoms with van der Waals surface area (Å²) in [4.78, 5) is 13.0. The molecule has 0 aromatic heterocycles. The van der Waals surface area contributed by atoms with Crippen molar-refractivity contribution in [3.05, 3.63) is 0 Å². The van der Waals surface area contributed by atoms with E-state index >= 15 is 0 Å². The molecule has 0 bridgehead atoms. The zero-order chi connectivity index (χ0) is 11.7. The standard InChI is InChI=1S/C10H19NO4/c1-9(2,3)15-8(13)11-5-4-10(14,6-11)7-12/h12,14H,4-7H2,1-3H3/t10-/m0/s1. The molecule has 0 unspecified atom stereocenters. The van der Waals surface area contributed by atoms with Crippen LogP contribution in [0.3, 0.4) is 0 Å². The van der Waals surface area contributed by atoms with Crippen LogP contribution in [0, 0.1) is 0 Å². The van der Waals surface area contributed by atoms with E-state index in [2.05, 4.69) is 0 Å². The molecule has 5 heteroatoms. The Morgan fingerprint density at radius 2 is 2.13 bits per heavy atom. The summed E-state index contributed by atoms with van der Waals surface area (Å²) in [6, 6.07) is 0. The lowest BCUT2D eigenvalue weighted by molar-refractivity contribution is -0.0123. The summed E-state index contributed by atoms with van der Waals surface area (Å²) >= 11 is 0. The van der Waals surface area contributed by atoms with Crippen LogP contribution in [-0.2, 0) is 4.74 Å². The summed E-state index contributed by atoms with van der Waals surface area (Å²) in [5.74, 6) is 0. The van der Waals surface area contributed by atoms with E-state index in [1.54, 1.807) is 20.8 Å². The second-order valence-corrected chi connectivity index (χ2v) is 5.03. The summed E-state index contributed by atoms with van der Waals surface area (Å²) in [5.41, 5.74) is -1.69. The molecule has 1 aliphatic heterocycles. The smallest absolute Gasteiger partial charge is 0.410 e. The predicted octanol–water partition coefficient (Wildman–Crippen LogP) is 0.351. The minimum absolute atomic E-state index is 0.137. The number of carbonyl (C=O) groups excluding carboxylic acids is 1. The lowest BCUT2D eigenvalue weighted by atomic mass is 10.1. The number of nitrogens with zero attached hydrogens (tertiary/aromatic N) is 1. The quantitative estimate of drug-likeness (QED) is 0.665. The van der Waals surface area contributed by atoms with Gasteiger partial charge in [0, 0.05) is 6.54 Å². The van der Waals surface area contributed by atoms with Crippen molar-refractivity contribution in [2.24, 2.45) is 0 Å². The van der Waals surface area contributed by atoms with Gasteiger partial charge in [0.1, 0.15) is 11.2 Å². The maximum atomic E-state index is 11.6. The molecule has 0 aliphatic carbocycles. The van der Waals surface area contributed by atoms with E-state index in [9.17, 15) is 9.90 Å². The Kier molecular flexibility index (Phi) is 3.25. The van der Waals surface area contributed by atoms with Gasteiger partial charge in [-0.15, -0.1) is 0 Å². The lowest BCUT2D eigenvalue weighted by Gasteiger charge is -2.25. The molecule has 1 atom stereocenters. The van der Waals surface area contributed by atoms with E-state index in [0.29, 0.717) is 13.0 Å². The highest BCUT2D eigenvalue weighted by Crippen LogP contribution is 2.22. The highest BCUT2D eigenvalue weighted by atomic mass is 16.6. The Morgan fingerprint density at radius 1 is 1.53 bits per heavy atom. The van der Waals surface area contributed by atoms with Gasteiger partial charge < -0.3 is 19.8 Å². The SMILES string of the molecule is CC(C)(C)OC(=O)N1CC[C@@](O)(CO)C1. The monoisotopic (exact) mass is 217 g/mol. The number of amides is 1. The largest absolute Gasteiger partial charge is 0.444 e. The van der Waals surface area contributed by atoms with Crippen molar-refractivity contribution in [1.82, 2.24) is 4.90 Å². The van der Waals surface area contributed by atoms with Crippen molar-refractivity contribution in [1.29, 1.82) is 0 Å².